The molecule has 0 aliphatic carbocycles. The molecule has 0 saturated carbocycles. The number of hydrogen-bond donors (Lipinski definition) is 0. The summed E-state index contributed by atoms with van der Waals surface area (Å²) in [6, 6.07) is 0. The minimum atomic E-state index is -0.447. The molecule has 1 heterocycles. The van der Waals surface area contributed by atoms with Gasteiger partial charge in [-0.05, 0) is 25.9 Å². The lowest BCUT2D eigenvalue weighted by Gasteiger charge is -2.23. The summed E-state index contributed by atoms with van der Waals surface area (Å²) in [4.78, 5) is 12.9. The molecule has 1 saturated heterocycles. The molecule has 0 amide bonds. The largest absolute Gasteiger partial charge is 0.459 e. The Morgan fingerprint density at radius 1 is 1.38 bits per heavy atom. The van der Waals surface area contributed by atoms with Crippen molar-refractivity contribution in [2.75, 3.05) is 26.7 Å². The second-order valence-corrected chi connectivity index (χ2v) is 3.13. The van der Waals surface area contributed by atoms with Gasteiger partial charge in [-0.2, -0.15) is 0 Å². The average molecular weight is 181 g/mol. The highest BCUT2D eigenvalue weighted by molar-refractivity contribution is 5.88. The van der Waals surface area contributed by atoms with Gasteiger partial charge in [0.15, 0.2) is 0 Å². The fourth-order valence-corrected chi connectivity index (χ4v) is 1.39. The van der Waals surface area contributed by atoms with E-state index in [1.807, 2.05) is 0 Å². The average Bonchev–Trinajstić information content (AvgIpc) is 2.19. The van der Waals surface area contributed by atoms with Crippen molar-refractivity contribution in [2.24, 2.45) is 0 Å². The van der Waals surface area contributed by atoms with E-state index in [1.54, 1.807) is 0 Å². The van der Waals surface area contributed by atoms with Gasteiger partial charge in [0.1, 0.15) is 0 Å². The lowest BCUT2D eigenvalue weighted by atomic mass is 10.1. The maximum absolute atomic E-state index is 10.6. The van der Waals surface area contributed by atoms with E-state index in [-0.39, 0.29) is 0 Å². The Hall–Kier alpha value is -1.01. The SMILES string of the molecule is COC(=O)C#CCN1CCCCC1. The van der Waals surface area contributed by atoms with Gasteiger partial charge in [-0.3, -0.25) is 4.90 Å². The van der Waals surface area contributed by atoms with Gasteiger partial charge >= 0.3 is 5.97 Å². The molecule has 3 nitrogen and oxygen atoms in total. The first-order valence-electron chi connectivity index (χ1n) is 4.62. The molecule has 1 fully saturated rings. The standard InChI is InChI=1S/C10H15NO2/c1-13-10(12)6-5-9-11-7-3-2-4-8-11/h2-4,7-9H2,1H3. The maximum atomic E-state index is 10.6. The van der Waals surface area contributed by atoms with Crippen molar-refractivity contribution < 1.29 is 9.53 Å². The number of piperidine rings is 1. The summed E-state index contributed by atoms with van der Waals surface area (Å²) in [5, 5.41) is 0. The molecule has 0 atom stereocenters. The molecule has 0 unspecified atom stereocenters. The van der Waals surface area contributed by atoms with E-state index in [1.165, 1.54) is 26.4 Å². The Balaban J connectivity index is 2.22. The molecule has 0 spiro atoms. The lowest BCUT2D eigenvalue weighted by Crippen LogP contribution is -2.29. The molecule has 0 aromatic heterocycles. The minimum absolute atomic E-state index is 0.447. The second-order valence-electron chi connectivity index (χ2n) is 3.13. The quantitative estimate of drug-likeness (QED) is 0.338. The van der Waals surface area contributed by atoms with E-state index in [2.05, 4.69) is 21.5 Å². The van der Waals surface area contributed by atoms with Crippen LogP contribution in [0.5, 0.6) is 0 Å². The van der Waals surface area contributed by atoms with E-state index in [0.29, 0.717) is 6.54 Å². The number of methoxy groups -OCH3 is 1. The molecule has 0 aromatic rings. The number of carbonyl (C=O) groups excluding carboxylic acids is 1. The third kappa shape index (κ3) is 3.95. The van der Waals surface area contributed by atoms with Gasteiger partial charge in [-0.1, -0.05) is 12.3 Å². The Kier molecular flexibility index (Phi) is 4.34. The summed E-state index contributed by atoms with van der Waals surface area (Å²) >= 11 is 0. The molecule has 1 aliphatic heterocycles. The summed E-state index contributed by atoms with van der Waals surface area (Å²) in [5.41, 5.74) is 0. The van der Waals surface area contributed by atoms with Crippen molar-refractivity contribution in [1.29, 1.82) is 0 Å². The molecule has 0 bridgehead atoms. The molecule has 1 rings (SSSR count). The van der Waals surface area contributed by atoms with Crippen molar-refractivity contribution in [3.63, 3.8) is 0 Å². The molecular weight excluding hydrogens is 166 g/mol. The minimum Gasteiger partial charge on any atom is -0.459 e. The van der Waals surface area contributed by atoms with Crippen LogP contribution in [0.4, 0.5) is 0 Å². The van der Waals surface area contributed by atoms with Crippen LogP contribution < -0.4 is 0 Å². The van der Waals surface area contributed by atoms with Gasteiger partial charge < -0.3 is 4.74 Å². The monoisotopic (exact) mass is 181 g/mol. The number of esters is 1. The lowest BCUT2D eigenvalue weighted by molar-refractivity contribution is -0.133. The van der Waals surface area contributed by atoms with Gasteiger partial charge in [-0.25, -0.2) is 4.79 Å². The van der Waals surface area contributed by atoms with Crippen molar-refractivity contribution in [3.8, 4) is 11.8 Å². The first kappa shape index (κ1) is 10.1. The highest BCUT2D eigenvalue weighted by atomic mass is 16.5. The highest BCUT2D eigenvalue weighted by Gasteiger charge is 2.07. The predicted molar refractivity (Wildman–Crippen MR) is 50.1 cm³/mol. The van der Waals surface area contributed by atoms with E-state index in [9.17, 15) is 4.79 Å². The van der Waals surface area contributed by atoms with E-state index >= 15 is 0 Å². The zero-order chi connectivity index (χ0) is 9.52. The van der Waals surface area contributed by atoms with Crippen LogP contribution in [-0.4, -0.2) is 37.6 Å². The summed E-state index contributed by atoms with van der Waals surface area (Å²) in [6.07, 6.45) is 3.82. The van der Waals surface area contributed by atoms with E-state index in [4.69, 9.17) is 0 Å². The molecule has 13 heavy (non-hydrogen) atoms. The van der Waals surface area contributed by atoms with Crippen LogP contribution in [0, 0.1) is 11.8 Å². The van der Waals surface area contributed by atoms with Crippen molar-refractivity contribution in [1.82, 2.24) is 4.90 Å². The summed E-state index contributed by atoms with van der Waals surface area (Å²) in [6.45, 7) is 2.90. The number of nitrogens with zero attached hydrogens (tertiary/aromatic N) is 1. The van der Waals surface area contributed by atoms with Gasteiger partial charge in [-0.15, -0.1) is 0 Å². The Morgan fingerprint density at radius 3 is 2.69 bits per heavy atom. The van der Waals surface area contributed by atoms with Crippen molar-refractivity contribution >= 4 is 5.97 Å². The highest BCUT2D eigenvalue weighted by Crippen LogP contribution is 2.06. The van der Waals surface area contributed by atoms with Crippen LogP contribution in [0.2, 0.25) is 0 Å². The molecule has 0 radical (unpaired) electrons. The zero-order valence-corrected chi connectivity index (χ0v) is 8.01. The van der Waals surface area contributed by atoms with Crippen LogP contribution in [0.25, 0.3) is 0 Å². The molecule has 0 aromatic carbocycles. The van der Waals surface area contributed by atoms with Gasteiger partial charge in [0.05, 0.1) is 13.7 Å². The summed E-state index contributed by atoms with van der Waals surface area (Å²) in [5.74, 6) is 4.79. The maximum Gasteiger partial charge on any atom is 0.384 e. The number of ether oxygens (including phenoxy) is 1. The van der Waals surface area contributed by atoms with Gasteiger partial charge in [0.25, 0.3) is 0 Å². The fraction of sp³-hybridized carbons (Fsp3) is 0.700. The molecule has 1 aliphatic rings. The van der Waals surface area contributed by atoms with Crippen LogP contribution in [-0.2, 0) is 9.53 Å². The predicted octanol–water partition coefficient (Wildman–Crippen LogP) is 0.649. The number of rotatable bonds is 1. The third-order valence-corrected chi connectivity index (χ3v) is 2.13. The van der Waals surface area contributed by atoms with E-state index < -0.39 is 5.97 Å². The van der Waals surface area contributed by atoms with Crippen molar-refractivity contribution in [2.45, 2.75) is 19.3 Å². The molecule has 3 heteroatoms. The van der Waals surface area contributed by atoms with Crippen LogP contribution in [0.1, 0.15) is 19.3 Å². The van der Waals surface area contributed by atoms with Gasteiger partial charge in [0.2, 0.25) is 0 Å². The first-order chi connectivity index (χ1) is 6.33. The van der Waals surface area contributed by atoms with Gasteiger partial charge in [0, 0.05) is 5.92 Å². The molecular formula is C10H15NO2. The number of hydrogen-bond acceptors (Lipinski definition) is 3. The second kappa shape index (κ2) is 5.60. The normalized spacial score (nSPS) is 17.3. The van der Waals surface area contributed by atoms with Crippen LogP contribution in [0.15, 0.2) is 0 Å². The summed E-state index contributed by atoms with van der Waals surface area (Å²) < 4.78 is 4.41. The number of carbonyl (C=O) groups is 1. The van der Waals surface area contributed by atoms with Crippen molar-refractivity contribution in [3.05, 3.63) is 0 Å². The molecule has 72 valence electrons. The van der Waals surface area contributed by atoms with Crippen LogP contribution in [0.3, 0.4) is 0 Å². The topological polar surface area (TPSA) is 29.5 Å². The first-order valence-corrected chi connectivity index (χ1v) is 4.62. The third-order valence-electron chi connectivity index (χ3n) is 2.13. The Morgan fingerprint density at radius 2 is 2.08 bits per heavy atom. The fourth-order valence-electron chi connectivity index (χ4n) is 1.39. The van der Waals surface area contributed by atoms with E-state index in [0.717, 1.165) is 13.1 Å². The van der Waals surface area contributed by atoms with Crippen LogP contribution >= 0.6 is 0 Å². The zero-order valence-electron chi connectivity index (χ0n) is 8.01. The molecule has 0 N–H and O–H groups in total. The Bertz CT molecular complexity index is 221. The number of likely N-dealkylation sites (tertiary alicyclic amines) is 1. The smallest absolute Gasteiger partial charge is 0.384 e. The summed E-state index contributed by atoms with van der Waals surface area (Å²) in [7, 11) is 1.35. The Labute approximate surface area is 79.1 Å².